The maximum Gasteiger partial charge on any atom is 0.231 e. The van der Waals surface area contributed by atoms with E-state index in [-0.39, 0.29) is 0 Å². The normalized spacial score (nSPS) is 18.3. The molecule has 5 heteroatoms. The molecule has 1 unspecified atom stereocenters. The standard InChI is InChI=1S/C18H20N2O3/c1-12-9-19-15-7-17-18(23-11-22-17)8-16(15)20(12)10-13-4-3-5-14(6-13)21-2/h3-8,12,19H,9-11H2,1-2H3. The Morgan fingerprint density at radius 3 is 2.87 bits per heavy atom. The second-order valence-electron chi connectivity index (χ2n) is 5.93. The van der Waals surface area contributed by atoms with Gasteiger partial charge in [0, 0.05) is 31.3 Å². The van der Waals surface area contributed by atoms with E-state index in [0.717, 1.165) is 41.7 Å². The molecule has 0 saturated carbocycles. The molecule has 0 saturated heterocycles. The van der Waals surface area contributed by atoms with Crippen LogP contribution >= 0.6 is 0 Å². The molecular weight excluding hydrogens is 292 g/mol. The molecule has 120 valence electrons. The highest BCUT2D eigenvalue weighted by molar-refractivity contribution is 5.77. The van der Waals surface area contributed by atoms with E-state index in [1.54, 1.807) is 7.11 Å². The lowest BCUT2D eigenvalue weighted by Crippen LogP contribution is -2.41. The van der Waals surface area contributed by atoms with Gasteiger partial charge < -0.3 is 24.4 Å². The van der Waals surface area contributed by atoms with E-state index in [1.807, 2.05) is 18.2 Å². The summed E-state index contributed by atoms with van der Waals surface area (Å²) in [5.74, 6) is 2.51. The third-order valence-electron chi connectivity index (χ3n) is 4.41. The first-order valence-electron chi connectivity index (χ1n) is 7.81. The number of methoxy groups -OCH3 is 1. The SMILES string of the molecule is COc1cccc(CN2c3cc4c(cc3NCC2C)OCO4)c1. The minimum absolute atomic E-state index is 0.295. The van der Waals surface area contributed by atoms with Gasteiger partial charge in [-0.05, 0) is 24.6 Å². The molecule has 0 spiro atoms. The minimum atomic E-state index is 0.295. The monoisotopic (exact) mass is 312 g/mol. The predicted molar refractivity (Wildman–Crippen MR) is 89.7 cm³/mol. The molecule has 4 rings (SSSR count). The second kappa shape index (κ2) is 5.57. The second-order valence-corrected chi connectivity index (χ2v) is 5.93. The van der Waals surface area contributed by atoms with Gasteiger partial charge in [0.15, 0.2) is 11.5 Å². The Morgan fingerprint density at radius 1 is 1.22 bits per heavy atom. The van der Waals surface area contributed by atoms with Crippen LogP contribution in [0, 0.1) is 0 Å². The molecule has 2 aliphatic heterocycles. The van der Waals surface area contributed by atoms with Gasteiger partial charge in [0.1, 0.15) is 5.75 Å². The first kappa shape index (κ1) is 14.1. The molecule has 2 aliphatic rings. The third kappa shape index (κ3) is 2.52. The van der Waals surface area contributed by atoms with Gasteiger partial charge in [-0.15, -0.1) is 0 Å². The Hall–Kier alpha value is -2.56. The van der Waals surface area contributed by atoms with Gasteiger partial charge in [0.25, 0.3) is 0 Å². The number of fused-ring (bicyclic) bond motifs is 2. The van der Waals surface area contributed by atoms with Crippen LogP contribution in [-0.4, -0.2) is 26.5 Å². The molecule has 2 aromatic carbocycles. The summed E-state index contributed by atoms with van der Waals surface area (Å²) < 4.78 is 16.3. The summed E-state index contributed by atoms with van der Waals surface area (Å²) in [6.07, 6.45) is 0. The lowest BCUT2D eigenvalue weighted by molar-refractivity contribution is 0.174. The molecule has 0 bridgehead atoms. The van der Waals surface area contributed by atoms with Gasteiger partial charge in [0.2, 0.25) is 6.79 Å². The van der Waals surface area contributed by atoms with Gasteiger partial charge in [-0.1, -0.05) is 12.1 Å². The number of hydrogen-bond donors (Lipinski definition) is 1. The predicted octanol–water partition coefficient (Wildman–Crippen LogP) is 3.24. The van der Waals surface area contributed by atoms with Crippen LogP contribution in [0.1, 0.15) is 12.5 Å². The summed E-state index contributed by atoms with van der Waals surface area (Å²) in [6, 6.07) is 12.7. The van der Waals surface area contributed by atoms with Crippen LogP contribution in [0.2, 0.25) is 0 Å². The number of ether oxygens (including phenoxy) is 3. The summed E-state index contributed by atoms with van der Waals surface area (Å²) in [7, 11) is 1.70. The molecule has 0 aromatic heterocycles. The zero-order chi connectivity index (χ0) is 15.8. The highest BCUT2D eigenvalue weighted by Crippen LogP contribution is 2.43. The first-order chi connectivity index (χ1) is 11.2. The lowest BCUT2D eigenvalue weighted by atomic mass is 10.1. The maximum atomic E-state index is 5.54. The number of benzene rings is 2. The number of nitrogens with zero attached hydrogens (tertiary/aromatic N) is 1. The van der Waals surface area contributed by atoms with Gasteiger partial charge >= 0.3 is 0 Å². The molecule has 0 aliphatic carbocycles. The smallest absolute Gasteiger partial charge is 0.231 e. The van der Waals surface area contributed by atoms with Gasteiger partial charge in [-0.3, -0.25) is 0 Å². The number of nitrogens with one attached hydrogen (secondary N) is 1. The summed E-state index contributed by atoms with van der Waals surface area (Å²) in [5, 5.41) is 3.48. The highest BCUT2D eigenvalue weighted by Gasteiger charge is 2.27. The van der Waals surface area contributed by atoms with Crippen molar-refractivity contribution in [3.63, 3.8) is 0 Å². The van der Waals surface area contributed by atoms with Crippen LogP contribution in [0.5, 0.6) is 17.2 Å². The maximum absolute atomic E-state index is 5.54. The zero-order valence-corrected chi connectivity index (χ0v) is 13.3. The molecule has 5 nitrogen and oxygen atoms in total. The van der Waals surface area contributed by atoms with Crippen molar-refractivity contribution in [2.75, 3.05) is 30.7 Å². The van der Waals surface area contributed by atoms with Crippen molar-refractivity contribution >= 4 is 11.4 Å². The van der Waals surface area contributed by atoms with Gasteiger partial charge in [0.05, 0.1) is 18.5 Å². The molecule has 0 fully saturated rings. The third-order valence-corrected chi connectivity index (χ3v) is 4.41. The lowest BCUT2D eigenvalue weighted by Gasteiger charge is -2.38. The van der Waals surface area contributed by atoms with Crippen LogP contribution in [-0.2, 0) is 6.54 Å². The van der Waals surface area contributed by atoms with Crippen LogP contribution in [0.15, 0.2) is 36.4 Å². The van der Waals surface area contributed by atoms with E-state index in [4.69, 9.17) is 14.2 Å². The Balaban J connectivity index is 1.68. The molecule has 1 atom stereocenters. The minimum Gasteiger partial charge on any atom is -0.497 e. The average molecular weight is 312 g/mol. The fourth-order valence-corrected chi connectivity index (χ4v) is 3.12. The summed E-state index contributed by atoms with van der Waals surface area (Å²) >= 11 is 0. The number of hydrogen-bond acceptors (Lipinski definition) is 5. The fraction of sp³-hybridized carbons (Fsp3) is 0.333. The Labute approximate surface area is 135 Å². The van der Waals surface area contributed by atoms with Crippen molar-refractivity contribution in [3.05, 3.63) is 42.0 Å². The molecule has 2 aromatic rings. The van der Waals surface area contributed by atoms with E-state index in [1.165, 1.54) is 5.56 Å². The van der Waals surface area contributed by atoms with E-state index >= 15 is 0 Å². The van der Waals surface area contributed by atoms with Gasteiger partial charge in [-0.25, -0.2) is 0 Å². The van der Waals surface area contributed by atoms with Crippen LogP contribution < -0.4 is 24.4 Å². The van der Waals surface area contributed by atoms with Crippen LogP contribution in [0.4, 0.5) is 11.4 Å². The van der Waals surface area contributed by atoms with E-state index in [0.29, 0.717) is 12.8 Å². The molecule has 0 radical (unpaired) electrons. The fourth-order valence-electron chi connectivity index (χ4n) is 3.12. The highest BCUT2D eigenvalue weighted by atomic mass is 16.7. The van der Waals surface area contributed by atoms with Crippen molar-refractivity contribution in [2.45, 2.75) is 19.5 Å². The summed E-state index contributed by atoms with van der Waals surface area (Å²) in [4.78, 5) is 2.39. The van der Waals surface area contributed by atoms with Gasteiger partial charge in [-0.2, -0.15) is 0 Å². The van der Waals surface area contributed by atoms with E-state index in [2.05, 4.69) is 35.3 Å². The number of rotatable bonds is 3. The molecule has 2 heterocycles. The number of anilines is 2. The van der Waals surface area contributed by atoms with Crippen molar-refractivity contribution in [2.24, 2.45) is 0 Å². The van der Waals surface area contributed by atoms with Crippen LogP contribution in [0.25, 0.3) is 0 Å². The molecule has 0 amide bonds. The van der Waals surface area contributed by atoms with E-state index in [9.17, 15) is 0 Å². The van der Waals surface area contributed by atoms with Crippen molar-refractivity contribution in [3.8, 4) is 17.2 Å². The quantitative estimate of drug-likeness (QED) is 0.942. The van der Waals surface area contributed by atoms with Crippen molar-refractivity contribution in [1.82, 2.24) is 0 Å². The Kier molecular flexibility index (Phi) is 3.41. The van der Waals surface area contributed by atoms with Crippen molar-refractivity contribution < 1.29 is 14.2 Å². The first-order valence-corrected chi connectivity index (χ1v) is 7.81. The molecule has 1 N–H and O–H groups in total. The average Bonchev–Trinajstić information content (AvgIpc) is 3.03. The zero-order valence-electron chi connectivity index (χ0n) is 13.3. The molecule has 23 heavy (non-hydrogen) atoms. The largest absolute Gasteiger partial charge is 0.497 e. The van der Waals surface area contributed by atoms with Crippen molar-refractivity contribution in [1.29, 1.82) is 0 Å². The molecular formula is C18H20N2O3. The summed E-state index contributed by atoms with van der Waals surface area (Å²) in [6.45, 7) is 4.24. The Bertz CT molecular complexity index is 732. The van der Waals surface area contributed by atoms with E-state index < -0.39 is 0 Å². The van der Waals surface area contributed by atoms with Crippen LogP contribution in [0.3, 0.4) is 0 Å². The summed E-state index contributed by atoms with van der Waals surface area (Å²) in [5.41, 5.74) is 3.47. The Morgan fingerprint density at radius 2 is 2.04 bits per heavy atom. The topological polar surface area (TPSA) is 43.0 Å².